The lowest BCUT2D eigenvalue weighted by atomic mass is 10.0. The molecule has 1 aliphatic rings. The summed E-state index contributed by atoms with van der Waals surface area (Å²) >= 11 is 0. The average molecular weight is 276 g/mol. The Hall–Kier alpha value is -1.39. The maximum absolute atomic E-state index is 12.4. The molecule has 110 valence electrons. The van der Waals surface area contributed by atoms with Crippen LogP contribution in [-0.2, 0) is 9.53 Å². The average Bonchev–Trinajstić information content (AvgIpc) is 2.47. The van der Waals surface area contributed by atoms with Gasteiger partial charge in [0.25, 0.3) is 0 Å². The van der Waals surface area contributed by atoms with Gasteiger partial charge in [-0.2, -0.15) is 0 Å². The minimum Gasteiger partial charge on any atom is -0.378 e. The van der Waals surface area contributed by atoms with Crippen LogP contribution in [0.1, 0.15) is 31.0 Å². The van der Waals surface area contributed by atoms with Gasteiger partial charge in [-0.1, -0.05) is 24.3 Å². The number of aryl methyl sites for hydroxylation is 1. The molecule has 1 aromatic carbocycles. The summed E-state index contributed by atoms with van der Waals surface area (Å²) in [5, 5.41) is 3.40. The number of ether oxygens (including phenoxy) is 1. The van der Waals surface area contributed by atoms with Crippen molar-refractivity contribution in [3.63, 3.8) is 0 Å². The Bertz CT molecular complexity index is 456. The second-order valence-electron chi connectivity index (χ2n) is 5.40. The predicted octanol–water partition coefficient (Wildman–Crippen LogP) is 1.89. The molecule has 0 aromatic heterocycles. The molecule has 4 nitrogen and oxygen atoms in total. The van der Waals surface area contributed by atoms with E-state index < -0.39 is 0 Å². The maximum Gasteiger partial charge on any atom is 0.239 e. The van der Waals surface area contributed by atoms with Crippen LogP contribution >= 0.6 is 0 Å². The van der Waals surface area contributed by atoms with Crippen molar-refractivity contribution in [3.05, 3.63) is 35.4 Å². The van der Waals surface area contributed by atoms with Gasteiger partial charge in [0.15, 0.2) is 0 Å². The number of hydrogen-bond donors (Lipinski definition) is 1. The van der Waals surface area contributed by atoms with E-state index in [-0.39, 0.29) is 18.0 Å². The Morgan fingerprint density at radius 2 is 1.90 bits per heavy atom. The van der Waals surface area contributed by atoms with Gasteiger partial charge in [-0.3, -0.25) is 10.1 Å². The van der Waals surface area contributed by atoms with Gasteiger partial charge in [0.05, 0.1) is 19.3 Å². The number of hydrogen-bond acceptors (Lipinski definition) is 3. The Morgan fingerprint density at radius 1 is 1.25 bits per heavy atom. The standard InChI is InChI=1S/C16H24N2O2/c1-12-6-4-5-7-15(12)13(2)17-14(3)16(19)18-8-10-20-11-9-18/h4-7,13-14,17H,8-11H2,1-3H3/t13-,14?/m0/s1. The zero-order chi connectivity index (χ0) is 14.5. The molecule has 20 heavy (non-hydrogen) atoms. The van der Waals surface area contributed by atoms with E-state index in [1.807, 2.05) is 24.0 Å². The summed E-state index contributed by atoms with van der Waals surface area (Å²) < 4.78 is 5.28. The van der Waals surface area contributed by atoms with E-state index in [4.69, 9.17) is 4.74 Å². The van der Waals surface area contributed by atoms with Crippen molar-refractivity contribution in [1.82, 2.24) is 10.2 Å². The third-order valence-corrected chi connectivity index (χ3v) is 3.85. The smallest absolute Gasteiger partial charge is 0.239 e. The van der Waals surface area contributed by atoms with E-state index in [0.29, 0.717) is 26.3 Å². The topological polar surface area (TPSA) is 41.6 Å². The molecule has 1 aliphatic heterocycles. The number of nitrogens with zero attached hydrogens (tertiary/aromatic N) is 1. The first-order valence-electron chi connectivity index (χ1n) is 7.27. The Morgan fingerprint density at radius 3 is 2.55 bits per heavy atom. The fraction of sp³-hybridized carbons (Fsp3) is 0.562. The van der Waals surface area contributed by atoms with Crippen LogP contribution in [-0.4, -0.2) is 43.2 Å². The van der Waals surface area contributed by atoms with Crippen LogP contribution in [0.4, 0.5) is 0 Å². The molecule has 1 fully saturated rings. The number of amides is 1. The Kier molecular flexibility index (Phi) is 5.15. The van der Waals surface area contributed by atoms with Gasteiger partial charge in [0.1, 0.15) is 0 Å². The molecular weight excluding hydrogens is 252 g/mol. The Labute approximate surface area is 121 Å². The number of benzene rings is 1. The lowest BCUT2D eigenvalue weighted by Gasteiger charge is -2.30. The van der Waals surface area contributed by atoms with Crippen molar-refractivity contribution < 1.29 is 9.53 Å². The molecule has 1 unspecified atom stereocenters. The molecule has 1 heterocycles. The van der Waals surface area contributed by atoms with Crippen molar-refractivity contribution >= 4 is 5.91 Å². The summed E-state index contributed by atoms with van der Waals surface area (Å²) in [6.07, 6.45) is 0. The molecule has 2 rings (SSSR count). The highest BCUT2D eigenvalue weighted by atomic mass is 16.5. The van der Waals surface area contributed by atoms with Crippen molar-refractivity contribution in [2.45, 2.75) is 32.9 Å². The van der Waals surface area contributed by atoms with Crippen molar-refractivity contribution in [2.75, 3.05) is 26.3 Å². The summed E-state index contributed by atoms with van der Waals surface area (Å²) in [5.74, 6) is 0.161. The summed E-state index contributed by atoms with van der Waals surface area (Å²) in [5.41, 5.74) is 2.49. The molecule has 1 N–H and O–H groups in total. The lowest BCUT2D eigenvalue weighted by molar-refractivity contribution is -0.137. The van der Waals surface area contributed by atoms with Gasteiger partial charge in [-0.15, -0.1) is 0 Å². The van der Waals surface area contributed by atoms with Crippen LogP contribution in [0, 0.1) is 6.92 Å². The fourth-order valence-electron chi connectivity index (χ4n) is 2.67. The molecule has 0 spiro atoms. The quantitative estimate of drug-likeness (QED) is 0.913. The van der Waals surface area contributed by atoms with Gasteiger partial charge >= 0.3 is 0 Å². The lowest BCUT2D eigenvalue weighted by Crippen LogP contribution is -2.49. The molecule has 0 aliphatic carbocycles. The monoisotopic (exact) mass is 276 g/mol. The number of carbonyl (C=O) groups is 1. The molecule has 4 heteroatoms. The van der Waals surface area contributed by atoms with E-state index in [2.05, 4.69) is 31.3 Å². The number of morpholine rings is 1. The molecular formula is C16H24N2O2. The van der Waals surface area contributed by atoms with Gasteiger partial charge in [0, 0.05) is 19.1 Å². The highest BCUT2D eigenvalue weighted by Crippen LogP contribution is 2.17. The molecule has 0 saturated carbocycles. The normalized spacial score (nSPS) is 18.6. The minimum absolute atomic E-state index is 0.161. The zero-order valence-electron chi connectivity index (χ0n) is 12.6. The molecule has 2 atom stereocenters. The summed E-state index contributed by atoms with van der Waals surface area (Å²) in [6, 6.07) is 8.27. The van der Waals surface area contributed by atoms with Gasteiger partial charge in [0.2, 0.25) is 5.91 Å². The van der Waals surface area contributed by atoms with Crippen LogP contribution in [0.25, 0.3) is 0 Å². The van der Waals surface area contributed by atoms with Crippen LogP contribution in [0.5, 0.6) is 0 Å². The van der Waals surface area contributed by atoms with Crippen molar-refractivity contribution in [3.8, 4) is 0 Å². The highest BCUT2D eigenvalue weighted by Gasteiger charge is 2.23. The van der Waals surface area contributed by atoms with E-state index in [1.54, 1.807) is 0 Å². The first-order valence-corrected chi connectivity index (χ1v) is 7.27. The maximum atomic E-state index is 12.4. The molecule has 1 aromatic rings. The summed E-state index contributed by atoms with van der Waals surface area (Å²) in [7, 11) is 0. The van der Waals surface area contributed by atoms with Crippen molar-refractivity contribution in [1.29, 1.82) is 0 Å². The second kappa shape index (κ2) is 6.86. The van der Waals surface area contributed by atoms with Crippen LogP contribution in [0.2, 0.25) is 0 Å². The molecule has 0 radical (unpaired) electrons. The largest absolute Gasteiger partial charge is 0.378 e. The van der Waals surface area contributed by atoms with Crippen LogP contribution < -0.4 is 5.32 Å². The third kappa shape index (κ3) is 3.58. The SMILES string of the molecule is Cc1ccccc1[C@H](C)NC(C)C(=O)N1CCOCC1. The Balaban J connectivity index is 1.95. The van der Waals surface area contributed by atoms with E-state index >= 15 is 0 Å². The first-order chi connectivity index (χ1) is 9.59. The van der Waals surface area contributed by atoms with Crippen molar-refractivity contribution in [2.24, 2.45) is 0 Å². The van der Waals surface area contributed by atoms with Gasteiger partial charge in [-0.25, -0.2) is 0 Å². The molecule has 1 saturated heterocycles. The van der Waals surface area contributed by atoms with Gasteiger partial charge in [-0.05, 0) is 31.9 Å². The third-order valence-electron chi connectivity index (χ3n) is 3.85. The zero-order valence-corrected chi connectivity index (χ0v) is 12.6. The second-order valence-corrected chi connectivity index (χ2v) is 5.40. The number of rotatable bonds is 4. The highest BCUT2D eigenvalue weighted by molar-refractivity contribution is 5.81. The van der Waals surface area contributed by atoms with E-state index in [1.165, 1.54) is 11.1 Å². The van der Waals surface area contributed by atoms with E-state index in [0.717, 1.165) is 0 Å². The predicted molar refractivity (Wildman–Crippen MR) is 79.6 cm³/mol. The number of nitrogens with one attached hydrogen (secondary N) is 1. The summed E-state index contributed by atoms with van der Waals surface area (Å²) in [4.78, 5) is 14.2. The molecule has 0 bridgehead atoms. The van der Waals surface area contributed by atoms with Crippen LogP contribution in [0.3, 0.4) is 0 Å². The first kappa shape index (κ1) is 15.0. The summed E-state index contributed by atoms with van der Waals surface area (Å²) in [6.45, 7) is 8.82. The molecule has 1 amide bonds. The number of carbonyl (C=O) groups excluding carboxylic acids is 1. The van der Waals surface area contributed by atoms with Crippen LogP contribution in [0.15, 0.2) is 24.3 Å². The van der Waals surface area contributed by atoms with E-state index in [9.17, 15) is 4.79 Å². The minimum atomic E-state index is -0.178. The fourth-order valence-corrected chi connectivity index (χ4v) is 2.67. The van der Waals surface area contributed by atoms with Gasteiger partial charge < -0.3 is 9.64 Å².